The van der Waals surface area contributed by atoms with Gasteiger partial charge in [-0.15, -0.1) is 11.8 Å². The van der Waals surface area contributed by atoms with Crippen LogP contribution in [0.3, 0.4) is 0 Å². The van der Waals surface area contributed by atoms with Crippen LogP contribution >= 0.6 is 11.8 Å². The number of benzene rings is 1. The first-order valence-electron chi connectivity index (χ1n) is 8.14. The molecule has 0 aliphatic carbocycles. The Balaban J connectivity index is 1.73. The fourth-order valence-corrected chi connectivity index (χ4v) is 3.74. The fraction of sp³-hybridized carbons (Fsp3) is 0.438. The summed E-state index contributed by atoms with van der Waals surface area (Å²) in [5.41, 5.74) is 6.28. The molecule has 0 spiro atoms. The summed E-state index contributed by atoms with van der Waals surface area (Å²) in [7, 11) is 1.42. The largest absolute Gasteiger partial charge is 0.494 e. The number of halogens is 1. The number of nitrogens with zero attached hydrogens (tertiary/aromatic N) is 3. The van der Waals surface area contributed by atoms with Gasteiger partial charge in [0.2, 0.25) is 17.8 Å². The predicted molar refractivity (Wildman–Crippen MR) is 98.8 cm³/mol. The molecule has 0 amide bonds. The van der Waals surface area contributed by atoms with Crippen LogP contribution in [0.25, 0.3) is 0 Å². The van der Waals surface area contributed by atoms with E-state index in [-0.39, 0.29) is 23.0 Å². The molecule has 0 saturated carbocycles. The molecule has 134 valence electrons. The number of hydrogen-bond donors (Lipinski definition) is 3. The number of methoxy groups -OCH3 is 1. The van der Waals surface area contributed by atoms with Gasteiger partial charge in [0.05, 0.1) is 12.5 Å². The second-order valence-electron chi connectivity index (χ2n) is 5.67. The van der Waals surface area contributed by atoms with Crippen molar-refractivity contribution < 1.29 is 9.13 Å². The maximum Gasteiger partial charge on any atom is 0.233 e. The van der Waals surface area contributed by atoms with E-state index in [1.165, 1.54) is 38.5 Å². The molecule has 1 aromatic carbocycles. The van der Waals surface area contributed by atoms with Gasteiger partial charge < -0.3 is 21.1 Å². The van der Waals surface area contributed by atoms with Gasteiger partial charge in [-0.05, 0) is 30.7 Å². The van der Waals surface area contributed by atoms with Crippen LogP contribution in [0.5, 0.6) is 5.75 Å². The molecule has 4 N–H and O–H groups in total. The number of nitrogens with one attached hydrogen (secondary N) is 2. The Morgan fingerprint density at radius 3 is 2.84 bits per heavy atom. The maximum atomic E-state index is 13.8. The van der Waals surface area contributed by atoms with Crippen molar-refractivity contribution in [3.63, 3.8) is 0 Å². The summed E-state index contributed by atoms with van der Waals surface area (Å²) in [5, 5.41) is 6.51. The fourth-order valence-electron chi connectivity index (χ4n) is 2.56. The summed E-state index contributed by atoms with van der Waals surface area (Å²) >= 11 is 1.86. The molecule has 2 aromatic rings. The Hall–Kier alpha value is -2.29. The van der Waals surface area contributed by atoms with Crippen molar-refractivity contribution in [3.05, 3.63) is 24.0 Å². The van der Waals surface area contributed by atoms with Gasteiger partial charge in [-0.2, -0.15) is 15.0 Å². The van der Waals surface area contributed by atoms with E-state index in [0.29, 0.717) is 11.6 Å². The third-order valence-corrected chi connectivity index (χ3v) is 5.06. The van der Waals surface area contributed by atoms with E-state index in [4.69, 9.17) is 10.5 Å². The first-order valence-corrected chi connectivity index (χ1v) is 9.19. The molecule has 1 atom stereocenters. The number of thioether (sulfide) groups is 1. The van der Waals surface area contributed by atoms with Crippen molar-refractivity contribution in [1.82, 2.24) is 15.0 Å². The SMILES string of the molecule is COc1ccc(Nc2nc(N)nc(NC3CCCCCS3)n2)cc1F. The van der Waals surface area contributed by atoms with Crippen LogP contribution in [0.15, 0.2) is 18.2 Å². The van der Waals surface area contributed by atoms with E-state index in [9.17, 15) is 4.39 Å². The van der Waals surface area contributed by atoms with Gasteiger partial charge >= 0.3 is 0 Å². The van der Waals surface area contributed by atoms with Crippen molar-refractivity contribution in [2.45, 2.75) is 31.1 Å². The van der Waals surface area contributed by atoms with Crippen LogP contribution in [-0.4, -0.2) is 33.2 Å². The lowest BCUT2D eigenvalue weighted by molar-refractivity contribution is 0.386. The summed E-state index contributed by atoms with van der Waals surface area (Å²) in [6.07, 6.45) is 4.72. The smallest absolute Gasteiger partial charge is 0.233 e. The summed E-state index contributed by atoms with van der Waals surface area (Å²) in [6.45, 7) is 0. The van der Waals surface area contributed by atoms with Crippen molar-refractivity contribution in [3.8, 4) is 5.75 Å². The molecule has 9 heteroatoms. The minimum Gasteiger partial charge on any atom is -0.494 e. The molecule has 1 fully saturated rings. The van der Waals surface area contributed by atoms with Crippen LogP contribution in [-0.2, 0) is 0 Å². The number of aromatic nitrogens is 3. The van der Waals surface area contributed by atoms with E-state index in [0.717, 1.165) is 12.2 Å². The van der Waals surface area contributed by atoms with Gasteiger partial charge in [-0.3, -0.25) is 0 Å². The van der Waals surface area contributed by atoms with Crippen LogP contribution in [0.2, 0.25) is 0 Å². The number of anilines is 4. The first-order chi connectivity index (χ1) is 12.1. The second kappa shape index (κ2) is 8.19. The van der Waals surface area contributed by atoms with Gasteiger partial charge in [0.1, 0.15) is 0 Å². The molecule has 1 aliphatic heterocycles. The van der Waals surface area contributed by atoms with Gasteiger partial charge in [0, 0.05) is 11.8 Å². The molecule has 2 heterocycles. The van der Waals surface area contributed by atoms with Crippen LogP contribution in [0.1, 0.15) is 25.7 Å². The Morgan fingerprint density at radius 2 is 2.04 bits per heavy atom. The highest BCUT2D eigenvalue weighted by atomic mass is 32.2. The highest BCUT2D eigenvalue weighted by Crippen LogP contribution is 2.26. The zero-order chi connectivity index (χ0) is 17.6. The third kappa shape index (κ3) is 4.85. The van der Waals surface area contributed by atoms with Gasteiger partial charge in [-0.25, -0.2) is 4.39 Å². The topological polar surface area (TPSA) is 98.0 Å². The zero-order valence-electron chi connectivity index (χ0n) is 14.0. The number of ether oxygens (including phenoxy) is 1. The molecule has 7 nitrogen and oxygen atoms in total. The molecule has 0 radical (unpaired) electrons. The molecule has 0 bridgehead atoms. The highest BCUT2D eigenvalue weighted by Gasteiger charge is 2.15. The molecular formula is C16H21FN6OS. The van der Waals surface area contributed by atoms with E-state index < -0.39 is 5.82 Å². The number of rotatable bonds is 5. The monoisotopic (exact) mass is 364 g/mol. The average Bonchev–Trinajstić information content (AvgIpc) is 2.83. The summed E-state index contributed by atoms with van der Waals surface area (Å²) < 4.78 is 18.7. The first kappa shape index (κ1) is 17.5. The Labute approximate surface area is 150 Å². The normalized spacial score (nSPS) is 17.6. The van der Waals surface area contributed by atoms with E-state index >= 15 is 0 Å². The lowest BCUT2D eigenvalue weighted by Gasteiger charge is -2.16. The molecule has 25 heavy (non-hydrogen) atoms. The Bertz CT molecular complexity index is 724. The third-order valence-electron chi connectivity index (χ3n) is 3.78. The van der Waals surface area contributed by atoms with Crippen molar-refractivity contribution in [2.24, 2.45) is 0 Å². The van der Waals surface area contributed by atoms with E-state index in [2.05, 4.69) is 25.6 Å². The minimum absolute atomic E-state index is 0.104. The number of nitrogen functional groups attached to an aromatic ring is 1. The molecule has 1 unspecified atom stereocenters. The van der Waals surface area contributed by atoms with Crippen molar-refractivity contribution in [1.29, 1.82) is 0 Å². The van der Waals surface area contributed by atoms with Gasteiger partial charge in [0.15, 0.2) is 11.6 Å². The Morgan fingerprint density at radius 1 is 1.20 bits per heavy atom. The summed E-state index contributed by atoms with van der Waals surface area (Å²) in [6, 6.07) is 4.52. The summed E-state index contributed by atoms with van der Waals surface area (Å²) in [5.74, 6) is 1.61. The molecular weight excluding hydrogens is 343 g/mol. The minimum atomic E-state index is -0.470. The molecule has 1 saturated heterocycles. The molecule has 1 aromatic heterocycles. The molecule has 3 rings (SSSR count). The summed E-state index contributed by atoms with van der Waals surface area (Å²) in [4.78, 5) is 12.5. The quantitative estimate of drug-likeness (QED) is 0.743. The number of nitrogens with two attached hydrogens (primary N) is 1. The number of hydrogen-bond acceptors (Lipinski definition) is 8. The van der Waals surface area contributed by atoms with Crippen molar-refractivity contribution >= 4 is 35.3 Å². The molecule has 1 aliphatic rings. The second-order valence-corrected chi connectivity index (χ2v) is 6.98. The van der Waals surface area contributed by atoms with Crippen LogP contribution in [0.4, 0.5) is 27.9 Å². The zero-order valence-corrected chi connectivity index (χ0v) is 14.8. The highest BCUT2D eigenvalue weighted by molar-refractivity contribution is 8.00. The standard InChI is InChI=1S/C16H21FN6OS/c1-24-12-7-6-10(9-11(12)17)19-15-21-14(18)22-16(23-15)20-13-5-3-2-4-8-25-13/h6-7,9,13H,2-5,8H2,1H3,(H4,18,19,20,21,22,23). The van der Waals surface area contributed by atoms with Gasteiger partial charge in [-0.1, -0.05) is 12.8 Å². The predicted octanol–water partition coefficient (Wildman–Crippen LogP) is 3.39. The average molecular weight is 364 g/mol. The van der Waals surface area contributed by atoms with Crippen LogP contribution in [0, 0.1) is 5.82 Å². The maximum absolute atomic E-state index is 13.8. The van der Waals surface area contributed by atoms with Crippen molar-refractivity contribution in [2.75, 3.05) is 29.2 Å². The van der Waals surface area contributed by atoms with Gasteiger partial charge in [0.25, 0.3) is 0 Å². The Kier molecular flexibility index (Phi) is 5.75. The van der Waals surface area contributed by atoms with Crippen LogP contribution < -0.4 is 21.1 Å². The van der Waals surface area contributed by atoms with E-state index in [1.807, 2.05) is 11.8 Å². The van der Waals surface area contributed by atoms with E-state index in [1.54, 1.807) is 6.07 Å². The lowest BCUT2D eigenvalue weighted by atomic mass is 10.2. The lowest BCUT2D eigenvalue weighted by Crippen LogP contribution is -2.18.